The normalized spacial score (nSPS) is 15.6. The molecule has 0 bridgehead atoms. The van der Waals surface area contributed by atoms with Gasteiger partial charge in [0.25, 0.3) is 5.69 Å². The quantitative estimate of drug-likeness (QED) is 0.458. The molecule has 0 aromatic heterocycles. The summed E-state index contributed by atoms with van der Waals surface area (Å²) < 4.78 is 13.7. The highest BCUT2D eigenvalue weighted by atomic mass is 19.1. The van der Waals surface area contributed by atoms with Crippen LogP contribution < -0.4 is 4.90 Å². The van der Waals surface area contributed by atoms with Crippen molar-refractivity contribution in [2.75, 3.05) is 31.1 Å². The van der Waals surface area contributed by atoms with Crippen LogP contribution in [-0.4, -0.2) is 42.4 Å². The predicted molar refractivity (Wildman–Crippen MR) is 62.9 cm³/mol. The Bertz CT molecular complexity index is 473. The van der Waals surface area contributed by atoms with E-state index >= 15 is 0 Å². The van der Waals surface area contributed by atoms with Gasteiger partial charge in [-0.2, -0.15) is 0 Å². The number of piperazine rings is 1. The minimum absolute atomic E-state index is 0.261. The third-order valence-corrected chi connectivity index (χ3v) is 2.95. The second-order valence-electron chi connectivity index (χ2n) is 4.02. The fourth-order valence-corrected chi connectivity index (χ4v) is 1.93. The molecule has 1 fully saturated rings. The number of nitro benzene ring substituents is 1. The maximum absolute atomic E-state index is 13.7. The minimum Gasteiger partial charge on any atom is -0.366 e. The number of hydrogen-bond donors (Lipinski definition) is 0. The molecule has 1 aliphatic heterocycles. The van der Waals surface area contributed by atoms with E-state index in [-0.39, 0.29) is 5.69 Å². The van der Waals surface area contributed by atoms with Crippen molar-refractivity contribution in [1.82, 2.24) is 4.90 Å². The van der Waals surface area contributed by atoms with E-state index in [2.05, 4.69) is 0 Å². The number of nitrogens with zero attached hydrogens (tertiary/aromatic N) is 3. The summed E-state index contributed by atoms with van der Waals surface area (Å²) in [7, 11) is 0. The molecule has 0 atom stereocenters. The number of benzene rings is 1. The summed E-state index contributed by atoms with van der Waals surface area (Å²) in [5, 5.41) is 10.5. The van der Waals surface area contributed by atoms with Crippen LogP contribution in [0.25, 0.3) is 0 Å². The number of amides is 1. The van der Waals surface area contributed by atoms with Crippen LogP contribution in [0.3, 0.4) is 0 Å². The number of carbonyl (C=O) groups excluding carboxylic acids is 1. The van der Waals surface area contributed by atoms with Gasteiger partial charge in [-0.1, -0.05) is 0 Å². The van der Waals surface area contributed by atoms with E-state index in [0.717, 1.165) is 12.5 Å². The molecule has 1 heterocycles. The monoisotopic (exact) mass is 253 g/mol. The van der Waals surface area contributed by atoms with Crippen molar-refractivity contribution < 1.29 is 14.1 Å². The number of carbonyl (C=O) groups is 1. The number of halogens is 1. The molecular formula is C11H12FN3O3. The van der Waals surface area contributed by atoms with Crippen LogP contribution in [0.4, 0.5) is 15.8 Å². The Kier molecular flexibility index (Phi) is 3.40. The topological polar surface area (TPSA) is 66.7 Å². The van der Waals surface area contributed by atoms with Crippen LogP contribution in [0.1, 0.15) is 0 Å². The first-order chi connectivity index (χ1) is 8.61. The van der Waals surface area contributed by atoms with E-state index in [9.17, 15) is 19.3 Å². The molecule has 0 saturated carbocycles. The summed E-state index contributed by atoms with van der Waals surface area (Å²) in [5.41, 5.74) is 0.0777. The van der Waals surface area contributed by atoms with Crippen molar-refractivity contribution in [3.8, 4) is 0 Å². The highest BCUT2D eigenvalue weighted by Gasteiger charge is 2.20. The Hall–Kier alpha value is -2.18. The average molecular weight is 253 g/mol. The lowest BCUT2D eigenvalue weighted by Crippen LogP contribution is -2.46. The van der Waals surface area contributed by atoms with Gasteiger partial charge in [-0.25, -0.2) is 4.39 Å². The van der Waals surface area contributed by atoms with Crippen LogP contribution in [0.5, 0.6) is 0 Å². The number of anilines is 1. The molecule has 7 heteroatoms. The Balaban J connectivity index is 2.14. The van der Waals surface area contributed by atoms with E-state index in [1.807, 2.05) is 0 Å². The molecule has 0 spiro atoms. The number of non-ortho nitro benzene ring substituents is 1. The predicted octanol–water partition coefficient (Wildman–Crippen LogP) is 1.01. The van der Waals surface area contributed by atoms with Crippen molar-refractivity contribution in [2.45, 2.75) is 0 Å². The molecule has 1 aromatic carbocycles. The molecule has 0 N–H and O–H groups in total. The van der Waals surface area contributed by atoms with E-state index < -0.39 is 10.7 Å². The van der Waals surface area contributed by atoms with Crippen LogP contribution in [0, 0.1) is 15.9 Å². The molecule has 0 unspecified atom stereocenters. The first kappa shape index (κ1) is 12.3. The largest absolute Gasteiger partial charge is 0.366 e. The highest BCUT2D eigenvalue weighted by Crippen LogP contribution is 2.24. The van der Waals surface area contributed by atoms with Gasteiger partial charge >= 0.3 is 0 Å². The van der Waals surface area contributed by atoms with E-state index in [1.165, 1.54) is 12.1 Å². The van der Waals surface area contributed by atoms with Crippen LogP contribution in [0.2, 0.25) is 0 Å². The van der Waals surface area contributed by atoms with Gasteiger partial charge in [-0.3, -0.25) is 14.9 Å². The lowest BCUT2D eigenvalue weighted by molar-refractivity contribution is -0.385. The fourth-order valence-electron chi connectivity index (χ4n) is 1.93. The SMILES string of the molecule is O=CN1CCN(c2ccc([N+](=O)[O-])cc2F)CC1. The van der Waals surface area contributed by atoms with Gasteiger partial charge in [0.15, 0.2) is 5.82 Å². The third kappa shape index (κ3) is 2.39. The van der Waals surface area contributed by atoms with Crippen LogP contribution in [-0.2, 0) is 4.79 Å². The summed E-state index contributed by atoms with van der Waals surface area (Å²) in [6.45, 7) is 2.10. The summed E-state index contributed by atoms with van der Waals surface area (Å²) >= 11 is 0. The molecule has 0 aliphatic carbocycles. The van der Waals surface area contributed by atoms with Crippen LogP contribution >= 0.6 is 0 Å². The molecule has 0 radical (unpaired) electrons. The maximum atomic E-state index is 13.7. The molecule has 1 aromatic rings. The maximum Gasteiger partial charge on any atom is 0.272 e. The Morgan fingerprint density at radius 3 is 2.44 bits per heavy atom. The summed E-state index contributed by atoms with van der Waals surface area (Å²) in [4.78, 5) is 23.8. The number of nitro groups is 1. The molecule has 96 valence electrons. The smallest absolute Gasteiger partial charge is 0.272 e. The van der Waals surface area contributed by atoms with Gasteiger partial charge < -0.3 is 9.80 Å². The molecule has 1 amide bonds. The standard InChI is InChI=1S/C11H12FN3O3/c12-10-7-9(15(17)18)1-2-11(10)14-5-3-13(8-16)4-6-14/h1-2,7-8H,3-6H2. The lowest BCUT2D eigenvalue weighted by atomic mass is 10.2. The van der Waals surface area contributed by atoms with Gasteiger partial charge in [0, 0.05) is 32.2 Å². The minimum atomic E-state index is -0.628. The van der Waals surface area contributed by atoms with Crippen LogP contribution in [0.15, 0.2) is 18.2 Å². The molecule has 6 nitrogen and oxygen atoms in total. The van der Waals surface area contributed by atoms with Gasteiger partial charge in [0.05, 0.1) is 16.7 Å². The number of rotatable bonds is 3. The Labute approximate surface area is 103 Å². The summed E-state index contributed by atoms with van der Waals surface area (Å²) in [6, 6.07) is 3.61. The third-order valence-electron chi connectivity index (χ3n) is 2.95. The van der Waals surface area contributed by atoms with Crippen molar-refractivity contribution >= 4 is 17.8 Å². The lowest BCUT2D eigenvalue weighted by Gasteiger charge is -2.34. The number of hydrogen-bond acceptors (Lipinski definition) is 4. The van der Waals surface area contributed by atoms with Gasteiger partial charge in [0.1, 0.15) is 0 Å². The zero-order valence-corrected chi connectivity index (χ0v) is 9.58. The van der Waals surface area contributed by atoms with Crippen molar-refractivity contribution in [3.05, 3.63) is 34.1 Å². The average Bonchev–Trinajstić information content (AvgIpc) is 2.38. The fraction of sp³-hybridized carbons (Fsp3) is 0.364. The molecule has 1 saturated heterocycles. The van der Waals surface area contributed by atoms with Crippen molar-refractivity contribution in [1.29, 1.82) is 0 Å². The highest BCUT2D eigenvalue weighted by molar-refractivity contribution is 5.54. The zero-order valence-electron chi connectivity index (χ0n) is 9.58. The first-order valence-electron chi connectivity index (χ1n) is 5.50. The summed E-state index contributed by atoms with van der Waals surface area (Å²) in [5.74, 6) is -0.608. The van der Waals surface area contributed by atoms with Crippen molar-refractivity contribution in [2.24, 2.45) is 0 Å². The molecule has 18 heavy (non-hydrogen) atoms. The summed E-state index contributed by atoms with van der Waals surface area (Å²) in [6.07, 6.45) is 0.767. The first-order valence-corrected chi connectivity index (χ1v) is 5.50. The zero-order chi connectivity index (χ0) is 13.1. The van der Waals surface area contributed by atoms with E-state index in [4.69, 9.17) is 0 Å². The molecule has 1 aliphatic rings. The van der Waals surface area contributed by atoms with Gasteiger partial charge in [-0.15, -0.1) is 0 Å². The van der Waals surface area contributed by atoms with Crippen molar-refractivity contribution in [3.63, 3.8) is 0 Å². The van der Waals surface area contributed by atoms with Gasteiger partial charge in [0.2, 0.25) is 6.41 Å². The van der Waals surface area contributed by atoms with E-state index in [1.54, 1.807) is 9.80 Å². The second kappa shape index (κ2) is 4.99. The van der Waals surface area contributed by atoms with E-state index in [0.29, 0.717) is 31.9 Å². The Morgan fingerprint density at radius 1 is 1.28 bits per heavy atom. The molecular weight excluding hydrogens is 241 g/mol. The molecule has 2 rings (SSSR count). The Morgan fingerprint density at radius 2 is 1.94 bits per heavy atom. The second-order valence-corrected chi connectivity index (χ2v) is 4.02. The van der Waals surface area contributed by atoms with Gasteiger partial charge in [-0.05, 0) is 6.07 Å².